The lowest BCUT2D eigenvalue weighted by Gasteiger charge is -2.25. The summed E-state index contributed by atoms with van der Waals surface area (Å²) in [7, 11) is 1.61. The summed E-state index contributed by atoms with van der Waals surface area (Å²) in [5, 5.41) is 9.63. The third-order valence-corrected chi connectivity index (χ3v) is 4.53. The van der Waals surface area contributed by atoms with Crippen molar-refractivity contribution in [3.05, 3.63) is 77.9 Å². The quantitative estimate of drug-likeness (QED) is 0.541. The number of benzene rings is 3. The smallest absolute Gasteiger partial charge is 0.312 e. The third-order valence-electron chi connectivity index (χ3n) is 4.53. The number of carbonyl (C=O) groups excluding carboxylic acids is 1. The Labute approximate surface area is 156 Å². The molecular weight excluding hydrogens is 344 g/mol. The first-order valence-corrected chi connectivity index (χ1v) is 8.58. The minimum atomic E-state index is -0.310. The van der Waals surface area contributed by atoms with E-state index in [1.165, 1.54) is 6.07 Å². The Morgan fingerprint density at radius 1 is 0.963 bits per heavy atom. The van der Waals surface area contributed by atoms with E-state index in [0.717, 1.165) is 16.9 Å². The topological polar surface area (TPSA) is 65.0 Å². The second-order valence-corrected chi connectivity index (χ2v) is 6.30. The predicted molar refractivity (Wildman–Crippen MR) is 99.7 cm³/mol. The number of phenolic OH excluding ortho intramolecular Hbond substituents is 1. The van der Waals surface area contributed by atoms with E-state index in [0.29, 0.717) is 17.2 Å². The van der Waals surface area contributed by atoms with Crippen molar-refractivity contribution in [3.63, 3.8) is 0 Å². The maximum Gasteiger partial charge on any atom is 0.312 e. The van der Waals surface area contributed by atoms with Gasteiger partial charge in [0.1, 0.15) is 28.7 Å². The van der Waals surface area contributed by atoms with Crippen molar-refractivity contribution < 1.29 is 24.1 Å². The van der Waals surface area contributed by atoms with E-state index in [2.05, 4.69) is 0 Å². The fourth-order valence-electron chi connectivity index (χ4n) is 3.21. The molecule has 0 amide bonds. The second kappa shape index (κ2) is 7.03. The first kappa shape index (κ1) is 17.0. The van der Waals surface area contributed by atoms with Crippen LogP contribution in [0.25, 0.3) is 0 Å². The SMILES string of the molecule is COc1cccc(Oc2ccc(C3CC(=O)Oc4cc(O)ccc43)cc2)c1. The van der Waals surface area contributed by atoms with Crippen molar-refractivity contribution in [2.24, 2.45) is 0 Å². The van der Waals surface area contributed by atoms with Crippen LogP contribution in [0.15, 0.2) is 66.7 Å². The molecule has 5 nitrogen and oxygen atoms in total. The van der Waals surface area contributed by atoms with E-state index in [1.54, 1.807) is 19.2 Å². The Balaban J connectivity index is 1.58. The molecule has 1 N–H and O–H groups in total. The highest BCUT2D eigenvalue weighted by Gasteiger charge is 2.28. The van der Waals surface area contributed by atoms with Crippen LogP contribution in [0.4, 0.5) is 0 Å². The molecular formula is C22H18O5. The predicted octanol–water partition coefficient (Wildman–Crippen LogP) is 4.63. The molecule has 0 saturated heterocycles. The van der Waals surface area contributed by atoms with Gasteiger partial charge in [0.25, 0.3) is 0 Å². The van der Waals surface area contributed by atoms with Gasteiger partial charge in [-0.15, -0.1) is 0 Å². The Morgan fingerprint density at radius 3 is 2.52 bits per heavy atom. The normalized spacial score (nSPS) is 15.6. The molecule has 4 rings (SSSR count). The van der Waals surface area contributed by atoms with Gasteiger partial charge >= 0.3 is 5.97 Å². The van der Waals surface area contributed by atoms with Crippen LogP contribution in [-0.4, -0.2) is 18.2 Å². The van der Waals surface area contributed by atoms with E-state index in [4.69, 9.17) is 14.2 Å². The lowest BCUT2D eigenvalue weighted by Crippen LogP contribution is -2.20. The van der Waals surface area contributed by atoms with Gasteiger partial charge in [0.2, 0.25) is 0 Å². The Kier molecular flexibility index (Phi) is 4.42. The lowest BCUT2D eigenvalue weighted by atomic mass is 9.86. The number of ether oxygens (including phenoxy) is 3. The van der Waals surface area contributed by atoms with Crippen LogP contribution in [0, 0.1) is 0 Å². The molecule has 0 fully saturated rings. The molecule has 0 radical (unpaired) electrons. The van der Waals surface area contributed by atoms with Gasteiger partial charge in [-0.25, -0.2) is 0 Å². The first-order chi connectivity index (χ1) is 13.1. The summed E-state index contributed by atoms with van der Waals surface area (Å²) in [6.45, 7) is 0. The van der Waals surface area contributed by atoms with Gasteiger partial charge in [0, 0.05) is 23.6 Å². The monoisotopic (exact) mass is 362 g/mol. The van der Waals surface area contributed by atoms with Crippen molar-refractivity contribution in [2.75, 3.05) is 7.11 Å². The van der Waals surface area contributed by atoms with Crippen LogP contribution in [0.3, 0.4) is 0 Å². The molecule has 3 aromatic carbocycles. The van der Waals surface area contributed by atoms with Crippen LogP contribution < -0.4 is 14.2 Å². The van der Waals surface area contributed by atoms with Gasteiger partial charge in [-0.2, -0.15) is 0 Å². The molecule has 1 unspecified atom stereocenters. The average molecular weight is 362 g/mol. The molecule has 5 heteroatoms. The Morgan fingerprint density at radius 2 is 1.74 bits per heavy atom. The number of carbonyl (C=O) groups is 1. The summed E-state index contributed by atoms with van der Waals surface area (Å²) >= 11 is 0. The summed E-state index contributed by atoms with van der Waals surface area (Å²) in [4.78, 5) is 11.9. The molecule has 3 aromatic rings. The molecule has 0 aromatic heterocycles. The summed E-state index contributed by atoms with van der Waals surface area (Å²) < 4.78 is 16.3. The first-order valence-electron chi connectivity index (χ1n) is 8.58. The number of esters is 1. The Hall–Kier alpha value is -3.47. The summed E-state index contributed by atoms with van der Waals surface area (Å²) in [6.07, 6.45) is 0.258. The number of aromatic hydroxyl groups is 1. The molecule has 0 spiro atoms. The zero-order valence-corrected chi connectivity index (χ0v) is 14.7. The zero-order chi connectivity index (χ0) is 18.8. The molecule has 0 aliphatic carbocycles. The number of rotatable bonds is 4. The number of methoxy groups -OCH3 is 1. The van der Waals surface area contributed by atoms with E-state index in [-0.39, 0.29) is 24.1 Å². The van der Waals surface area contributed by atoms with Gasteiger partial charge in [-0.1, -0.05) is 24.3 Å². The van der Waals surface area contributed by atoms with Crippen molar-refractivity contribution >= 4 is 5.97 Å². The number of fused-ring (bicyclic) bond motifs is 1. The number of hydrogen-bond donors (Lipinski definition) is 1. The summed E-state index contributed by atoms with van der Waals surface area (Å²) in [6, 6.07) is 19.9. The molecule has 0 bridgehead atoms. The van der Waals surface area contributed by atoms with E-state index < -0.39 is 0 Å². The Bertz CT molecular complexity index is 978. The van der Waals surface area contributed by atoms with E-state index in [9.17, 15) is 9.90 Å². The van der Waals surface area contributed by atoms with Gasteiger partial charge in [0.15, 0.2) is 0 Å². The largest absolute Gasteiger partial charge is 0.508 e. The van der Waals surface area contributed by atoms with Crippen LogP contribution in [0.5, 0.6) is 28.7 Å². The van der Waals surface area contributed by atoms with Gasteiger partial charge in [0.05, 0.1) is 13.5 Å². The van der Waals surface area contributed by atoms with E-state index in [1.807, 2.05) is 48.5 Å². The molecule has 27 heavy (non-hydrogen) atoms. The molecule has 1 aliphatic heterocycles. The van der Waals surface area contributed by atoms with Gasteiger partial charge in [-0.3, -0.25) is 4.79 Å². The van der Waals surface area contributed by atoms with Crippen LogP contribution in [0.1, 0.15) is 23.5 Å². The van der Waals surface area contributed by atoms with Gasteiger partial charge < -0.3 is 19.3 Å². The fraction of sp³-hybridized carbons (Fsp3) is 0.136. The summed E-state index contributed by atoms with van der Waals surface area (Å²) in [5.74, 6) is 2.16. The van der Waals surface area contributed by atoms with Crippen molar-refractivity contribution in [1.29, 1.82) is 0 Å². The van der Waals surface area contributed by atoms with Crippen LogP contribution >= 0.6 is 0 Å². The highest BCUT2D eigenvalue weighted by Crippen LogP contribution is 2.40. The number of phenols is 1. The summed E-state index contributed by atoms with van der Waals surface area (Å²) in [5.41, 5.74) is 1.87. The molecule has 0 saturated carbocycles. The molecule has 1 atom stereocenters. The van der Waals surface area contributed by atoms with Crippen molar-refractivity contribution in [3.8, 4) is 28.7 Å². The average Bonchev–Trinajstić information content (AvgIpc) is 2.68. The zero-order valence-electron chi connectivity index (χ0n) is 14.7. The molecule has 136 valence electrons. The minimum absolute atomic E-state index is 0.0734. The maximum atomic E-state index is 11.9. The van der Waals surface area contributed by atoms with Crippen molar-refractivity contribution in [2.45, 2.75) is 12.3 Å². The molecule has 1 aliphatic rings. The van der Waals surface area contributed by atoms with Crippen LogP contribution in [0.2, 0.25) is 0 Å². The highest BCUT2D eigenvalue weighted by molar-refractivity contribution is 5.78. The van der Waals surface area contributed by atoms with Gasteiger partial charge in [-0.05, 0) is 35.9 Å². The minimum Gasteiger partial charge on any atom is -0.508 e. The second-order valence-electron chi connectivity index (χ2n) is 6.30. The van der Waals surface area contributed by atoms with Crippen molar-refractivity contribution in [1.82, 2.24) is 0 Å². The lowest BCUT2D eigenvalue weighted by molar-refractivity contribution is -0.135. The van der Waals surface area contributed by atoms with E-state index >= 15 is 0 Å². The highest BCUT2D eigenvalue weighted by atomic mass is 16.5. The standard InChI is InChI=1S/C22H18O5/c1-25-17-3-2-4-18(12-17)26-16-8-5-14(6-9-16)20-13-22(24)27-21-11-15(23)7-10-19(20)21/h2-12,20,23H,13H2,1H3. The fourth-order valence-corrected chi connectivity index (χ4v) is 3.21. The maximum absolute atomic E-state index is 11.9. The molecule has 1 heterocycles. The van der Waals surface area contributed by atoms with Crippen LogP contribution in [-0.2, 0) is 4.79 Å². The third kappa shape index (κ3) is 3.58. The number of hydrogen-bond acceptors (Lipinski definition) is 5.